The quantitative estimate of drug-likeness (QED) is 0.880. The second-order valence-electron chi connectivity index (χ2n) is 5.83. The molecule has 0 saturated heterocycles. The standard InChI is InChI=1S/C16H16ClN3O3/c1-10-7-13(14(21)18-9-16(5-6-16)15(22)23)19-20(10)12-4-2-3-11(17)8-12/h2-4,7-8H,5-6,9H2,1H3,(H,18,21)(H,22,23). The SMILES string of the molecule is Cc1cc(C(=O)NCC2(C(=O)O)CC2)nn1-c1cccc(Cl)c1. The first kappa shape index (κ1) is 15.6. The number of amides is 1. The molecule has 1 aromatic carbocycles. The Balaban J connectivity index is 1.75. The van der Waals surface area contributed by atoms with Gasteiger partial charge in [-0.3, -0.25) is 9.59 Å². The van der Waals surface area contributed by atoms with Crippen molar-refractivity contribution in [3.8, 4) is 5.69 Å². The Morgan fingerprint density at radius 2 is 2.13 bits per heavy atom. The molecule has 1 aromatic heterocycles. The van der Waals surface area contributed by atoms with Crippen LogP contribution in [0.2, 0.25) is 5.02 Å². The summed E-state index contributed by atoms with van der Waals surface area (Å²) in [6, 6.07) is 8.83. The largest absolute Gasteiger partial charge is 0.481 e. The summed E-state index contributed by atoms with van der Waals surface area (Å²) in [4.78, 5) is 23.3. The lowest BCUT2D eigenvalue weighted by Crippen LogP contribution is -2.34. The number of carboxylic acids is 1. The zero-order valence-electron chi connectivity index (χ0n) is 12.5. The zero-order chi connectivity index (χ0) is 16.6. The van der Waals surface area contributed by atoms with E-state index in [0.29, 0.717) is 17.9 Å². The van der Waals surface area contributed by atoms with Crippen LogP contribution in [0.25, 0.3) is 5.69 Å². The molecule has 1 saturated carbocycles. The van der Waals surface area contributed by atoms with Crippen LogP contribution >= 0.6 is 11.6 Å². The summed E-state index contributed by atoms with van der Waals surface area (Å²) < 4.78 is 1.63. The van der Waals surface area contributed by atoms with Gasteiger partial charge in [-0.15, -0.1) is 0 Å². The molecule has 0 aliphatic heterocycles. The van der Waals surface area contributed by atoms with Crippen LogP contribution < -0.4 is 5.32 Å². The van der Waals surface area contributed by atoms with Gasteiger partial charge in [0.05, 0.1) is 11.1 Å². The molecule has 1 aliphatic rings. The highest BCUT2D eigenvalue weighted by Crippen LogP contribution is 2.45. The van der Waals surface area contributed by atoms with Crippen molar-refractivity contribution in [3.05, 3.63) is 46.7 Å². The molecule has 0 atom stereocenters. The van der Waals surface area contributed by atoms with Gasteiger partial charge in [-0.2, -0.15) is 5.10 Å². The van der Waals surface area contributed by atoms with E-state index in [-0.39, 0.29) is 18.1 Å². The van der Waals surface area contributed by atoms with E-state index in [0.717, 1.165) is 11.4 Å². The van der Waals surface area contributed by atoms with E-state index in [4.69, 9.17) is 16.7 Å². The molecular formula is C16H16ClN3O3. The van der Waals surface area contributed by atoms with E-state index < -0.39 is 11.4 Å². The first-order valence-corrected chi connectivity index (χ1v) is 7.63. The van der Waals surface area contributed by atoms with Crippen LogP contribution in [-0.4, -0.2) is 33.3 Å². The molecule has 120 valence electrons. The maximum Gasteiger partial charge on any atom is 0.311 e. The highest BCUT2D eigenvalue weighted by molar-refractivity contribution is 6.30. The van der Waals surface area contributed by atoms with Gasteiger partial charge in [0.2, 0.25) is 0 Å². The summed E-state index contributed by atoms with van der Waals surface area (Å²) in [5.74, 6) is -1.24. The van der Waals surface area contributed by atoms with Crippen molar-refractivity contribution in [2.75, 3.05) is 6.54 Å². The van der Waals surface area contributed by atoms with Crippen LogP contribution in [0.3, 0.4) is 0 Å². The Kier molecular flexibility index (Phi) is 3.85. The van der Waals surface area contributed by atoms with Crippen molar-refractivity contribution in [1.29, 1.82) is 0 Å². The molecule has 0 spiro atoms. The van der Waals surface area contributed by atoms with Crippen LogP contribution in [0.4, 0.5) is 0 Å². The summed E-state index contributed by atoms with van der Waals surface area (Å²) in [5, 5.41) is 16.7. The van der Waals surface area contributed by atoms with E-state index >= 15 is 0 Å². The molecule has 0 unspecified atom stereocenters. The lowest BCUT2D eigenvalue weighted by atomic mass is 10.1. The number of nitrogens with one attached hydrogen (secondary N) is 1. The van der Waals surface area contributed by atoms with Gasteiger partial charge in [-0.25, -0.2) is 4.68 Å². The van der Waals surface area contributed by atoms with Gasteiger partial charge in [0.1, 0.15) is 0 Å². The van der Waals surface area contributed by atoms with Gasteiger partial charge in [0.25, 0.3) is 5.91 Å². The normalized spacial score (nSPS) is 15.2. The topological polar surface area (TPSA) is 84.2 Å². The highest BCUT2D eigenvalue weighted by Gasteiger charge is 2.50. The number of aromatic nitrogens is 2. The number of hydrogen-bond donors (Lipinski definition) is 2. The highest BCUT2D eigenvalue weighted by atomic mass is 35.5. The van der Waals surface area contributed by atoms with E-state index in [2.05, 4.69) is 10.4 Å². The van der Waals surface area contributed by atoms with Crippen LogP contribution in [0, 0.1) is 12.3 Å². The van der Waals surface area contributed by atoms with E-state index in [1.807, 2.05) is 19.1 Å². The molecule has 7 heteroatoms. The number of carbonyl (C=O) groups excluding carboxylic acids is 1. The van der Waals surface area contributed by atoms with Crippen molar-refractivity contribution in [2.24, 2.45) is 5.41 Å². The number of halogens is 1. The molecule has 23 heavy (non-hydrogen) atoms. The number of benzene rings is 1. The van der Waals surface area contributed by atoms with Crippen molar-refractivity contribution in [2.45, 2.75) is 19.8 Å². The molecule has 6 nitrogen and oxygen atoms in total. The van der Waals surface area contributed by atoms with Gasteiger partial charge in [0.15, 0.2) is 5.69 Å². The summed E-state index contributed by atoms with van der Waals surface area (Å²) in [7, 11) is 0. The fraction of sp³-hybridized carbons (Fsp3) is 0.312. The van der Waals surface area contributed by atoms with Gasteiger partial charge in [0, 0.05) is 17.3 Å². The number of carboxylic acid groups (broad SMARTS) is 1. The van der Waals surface area contributed by atoms with Crippen LogP contribution in [0.1, 0.15) is 29.0 Å². The fourth-order valence-electron chi connectivity index (χ4n) is 2.41. The van der Waals surface area contributed by atoms with Crippen molar-refractivity contribution < 1.29 is 14.7 Å². The number of aliphatic carboxylic acids is 1. The molecule has 0 bridgehead atoms. The Labute approximate surface area is 138 Å². The first-order valence-electron chi connectivity index (χ1n) is 7.25. The third-order valence-corrected chi connectivity index (χ3v) is 4.30. The molecular weight excluding hydrogens is 318 g/mol. The summed E-state index contributed by atoms with van der Waals surface area (Å²) >= 11 is 5.98. The van der Waals surface area contributed by atoms with Gasteiger partial charge < -0.3 is 10.4 Å². The smallest absolute Gasteiger partial charge is 0.311 e. The number of rotatable bonds is 5. The zero-order valence-corrected chi connectivity index (χ0v) is 13.3. The molecule has 0 radical (unpaired) electrons. The second kappa shape index (κ2) is 5.70. The Morgan fingerprint density at radius 3 is 2.74 bits per heavy atom. The Bertz CT molecular complexity index is 781. The Hall–Kier alpha value is -2.34. The predicted octanol–water partition coefficient (Wildman–Crippen LogP) is 2.43. The van der Waals surface area contributed by atoms with Crippen molar-refractivity contribution in [1.82, 2.24) is 15.1 Å². The molecule has 1 aliphatic carbocycles. The van der Waals surface area contributed by atoms with Crippen LogP contribution in [0.5, 0.6) is 0 Å². The summed E-state index contributed by atoms with van der Waals surface area (Å²) in [6.07, 6.45) is 1.19. The molecule has 1 fully saturated rings. The summed E-state index contributed by atoms with van der Waals surface area (Å²) in [6.45, 7) is 1.97. The maximum atomic E-state index is 12.2. The second-order valence-corrected chi connectivity index (χ2v) is 6.27. The molecule has 1 amide bonds. The molecule has 2 N–H and O–H groups in total. The van der Waals surface area contributed by atoms with Crippen molar-refractivity contribution >= 4 is 23.5 Å². The Morgan fingerprint density at radius 1 is 1.39 bits per heavy atom. The monoisotopic (exact) mass is 333 g/mol. The lowest BCUT2D eigenvalue weighted by Gasteiger charge is -2.09. The number of carbonyl (C=O) groups is 2. The third-order valence-electron chi connectivity index (χ3n) is 4.07. The first-order chi connectivity index (χ1) is 10.9. The van der Waals surface area contributed by atoms with Gasteiger partial charge in [-0.05, 0) is 44.0 Å². The lowest BCUT2D eigenvalue weighted by molar-refractivity contribution is -0.143. The molecule has 2 aromatic rings. The van der Waals surface area contributed by atoms with Crippen molar-refractivity contribution in [3.63, 3.8) is 0 Å². The fourth-order valence-corrected chi connectivity index (χ4v) is 2.60. The van der Waals surface area contributed by atoms with E-state index in [1.54, 1.807) is 22.9 Å². The van der Waals surface area contributed by atoms with E-state index in [1.165, 1.54) is 0 Å². The van der Waals surface area contributed by atoms with Gasteiger partial charge >= 0.3 is 5.97 Å². The maximum absolute atomic E-state index is 12.2. The minimum Gasteiger partial charge on any atom is -0.481 e. The number of nitrogens with zero attached hydrogens (tertiary/aromatic N) is 2. The average Bonchev–Trinajstić information content (AvgIpc) is 3.21. The third kappa shape index (κ3) is 3.07. The average molecular weight is 334 g/mol. The molecule has 3 rings (SSSR count). The number of hydrogen-bond acceptors (Lipinski definition) is 3. The summed E-state index contributed by atoms with van der Waals surface area (Å²) in [5.41, 5.74) is 1.01. The minimum atomic E-state index is -0.863. The number of aryl methyl sites for hydroxylation is 1. The molecule has 1 heterocycles. The van der Waals surface area contributed by atoms with Crippen LogP contribution in [0.15, 0.2) is 30.3 Å². The van der Waals surface area contributed by atoms with E-state index in [9.17, 15) is 9.59 Å². The van der Waals surface area contributed by atoms with Gasteiger partial charge in [-0.1, -0.05) is 17.7 Å². The predicted molar refractivity (Wildman–Crippen MR) is 84.9 cm³/mol. The minimum absolute atomic E-state index is 0.129. The van der Waals surface area contributed by atoms with Crippen LogP contribution in [-0.2, 0) is 4.79 Å².